The predicted molar refractivity (Wildman–Crippen MR) is 156 cm³/mol. The van der Waals surface area contributed by atoms with Gasteiger partial charge in [-0.15, -0.1) is 0 Å². The van der Waals surface area contributed by atoms with Crippen LogP contribution >= 0.6 is 11.6 Å². The van der Waals surface area contributed by atoms with Crippen LogP contribution < -0.4 is 19.9 Å². The van der Waals surface area contributed by atoms with E-state index in [1.165, 1.54) is 0 Å². The number of hydrogen-bond acceptors (Lipinski definition) is 9. The third-order valence-corrected chi connectivity index (χ3v) is 6.79. The molecule has 10 nitrogen and oxygen atoms in total. The van der Waals surface area contributed by atoms with E-state index in [0.29, 0.717) is 35.8 Å². The van der Waals surface area contributed by atoms with E-state index >= 15 is 0 Å². The Bertz CT molecular complexity index is 1250. The number of carbonyl (C=O) groups excluding carboxylic acids is 1. The lowest BCUT2D eigenvalue weighted by molar-refractivity contribution is 0.0509. The van der Waals surface area contributed by atoms with Crippen LogP contribution in [-0.4, -0.2) is 70.5 Å². The van der Waals surface area contributed by atoms with Crippen LogP contribution in [-0.2, 0) is 4.74 Å². The molecule has 1 unspecified atom stereocenters. The molecule has 0 radical (unpaired) electrons. The van der Waals surface area contributed by atoms with Crippen molar-refractivity contribution in [3.8, 4) is 5.75 Å². The molecule has 42 heavy (non-hydrogen) atoms. The van der Waals surface area contributed by atoms with Gasteiger partial charge >= 0.3 is 6.09 Å². The summed E-state index contributed by atoms with van der Waals surface area (Å²) < 4.78 is 35.1. The second-order valence-corrected chi connectivity index (χ2v) is 11.6. The van der Waals surface area contributed by atoms with Crippen LogP contribution in [0.1, 0.15) is 40.0 Å². The molecular formula is C29H36ClF2N7O3. The van der Waals surface area contributed by atoms with Gasteiger partial charge in [0.1, 0.15) is 17.2 Å². The molecular weight excluding hydrogens is 568 g/mol. The highest BCUT2D eigenvalue weighted by atomic mass is 35.5. The van der Waals surface area contributed by atoms with Crippen LogP contribution in [0, 0.1) is 17.6 Å². The zero-order valence-electron chi connectivity index (χ0n) is 24.0. The lowest BCUT2D eigenvalue weighted by Crippen LogP contribution is -2.40. The van der Waals surface area contributed by atoms with Crippen LogP contribution in [0.4, 0.5) is 25.5 Å². The van der Waals surface area contributed by atoms with Crippen molar-refractivity contribution >= 4 is 29.6 Å². The molecule has 2 fully saturated rings. The molecule has 5 rings (SSSR count). The highest BCUT2D eigenvalue weighted by Gasteiger charge is 2.27. The van der Waals surface area contributed by atoms with E-state index in [1.54, 1.807) is 24.8 Å². The first-order chi connectivity index (χ1) is 20.0. The van der Waals surface area contributed by atoms with Gasteiger partial charge in [-0.2, -0.15) is 0 Å². The molecule has 1 aromatic carbocycles. The molecule has 2 aliphatic heterocycles. The van der Waals surface area contributed by atoms with Gasteiger partial charge in [-0.3, -0.25) is 0 Å². The minimum absolute atomic E-state index is 0.0125. The molecule has 0 aliphatic carbocycles. The molecule has 226 valence electrons. The summed E-state index contributed by atoms with van der Waals surface area (Å²) in [6.45, 7) is 9.38. The Morgan fingerprint density at radius 1 is 0.905 bits per heavy atom. The van der Waals surface area contributed by atoms with Crippen molar-refractivity contribution in [2.45, 2.75) is 51.7 Å². The maximum atomic E-state index is 12.0. The van der Waals surface area contributed by atoms with Crippen LogP contribution in [0.5, 0.6) is 5.75 Å². The second-order valence-electron chi connectivity index (χ2n) is 11.2. The number of benzene rings is 1. The molecule has 13 heteroatoms. The van der Waals surface area contributed by atoms with Crippen LogP contribution in [0.25, 0.3) is 0 Å². The number of amides is 1. The molecule has 1 N–H and O–H groups in total. The molecule has 4 heterocycles. The minimum Gasteiger partial charge on any atom is -0.490 e. The van der Waals surface area contributed by atoms with Gasteiger partial charge in [-0.1, -0.05) is 11.6 Å². The van der Waals surface area contributed by atoms with Crippen molar-refractivity contribution < 1.29 is 23.0 Å². The summed E-state index contributed by atoms with van der Waals surface area (Å²) in [5.74, 6) is 1.66. The molecule has 2 aliphatic rings. The van der Waals surface area contributed by atoms with E-state index < -0.39 is 23.3 Å². The Hall–Kier alpha value is -3.80. The number of anilines is 2. The summed E-state index contributed by atoms with van der Waals surface area (Å²) in [6, 6.07) is 4.33. The fraction of sp³-hybridized carbons (Fsp3) is 0.483. The van der Waals surface area contributed by atoms with Gasteiger partial charge in [0.2, 0.25) is 11.9 Å². The fourth-order valence-corrected chi connectivity index (χ4v) is 4.59. The molecule has 1 amide bonds. The summed E-state index contributed by atoms with van der Waals surface area (Å²) in [5, 5.41) is 3.46. The lowest BCUT2D eigenvalue weighted by atomic mass is 9.98. The van der Waals surface area contributed by atoms with Gasteiger partial charge in [0.25, 0.3) is 0 Å². The zero-order valence-corrected chi connectivity index (χ0v) is 24.7. The molecule has 2 saturated heterocycles. The quantitative estimate of drug-likeness (QED) is 0.403. The van der Waals surface area contributed by atoms with Gasteiger partial charge in [0, 0.05) is 26.2 Å². The summed E-state index contributed by atoms with van der Waals surface area (Å²) in [4.78, 5) is 33.8. The van der Waals surface area contributed by atoms with Gasteiger partial charge in [-0.05, 0) is 70.2 Å². The predicted octanol–water partition coefficient (Wildman–Crippen LogP) is 5.28. The topological polar surface area (TPSA) is 106 Å². The van der Waals surface area contributed by atoms with Crippen molar-refractivity contribution in [3.63, 3.8) is 0 Å². The fourth-order valence-electron chi connectivity index (χ4n) is 4.49. The number of hydrogen-bond donors (Lipinski definition) is 1. The number of carbonyl (C=O) groups is 1. The third-order valence-electron chi connectivity index (χ3n) is 6.60. The molecule has 0 saturated carbocycles. The molecule has 3 aromatic rings. The maximum absolute atomic E-state index is 12.0. The van der Waals surface area contributed by atoms with Crippen molar-refractivity contribution in [1.82, 2.24) is 25.3 Å². The number of nitrogens with one attached hydrogen (secondary N) is 1. The van der Waals surface area contributed by atoms with Crippen LogP contribution in [0.2, 0.25) is 5.02 Å². The zero-order chi connectivity index (χ0) is 30.1. The highest BCUT2D eigenvalue weighted by molar-refractivity contribution is 6.30. The van der Waals surface area contributed by atoms with E-state index in [0.717, 1.165) is 69.1 Å². The summed E-state index contributed by atoms with van der Waals surface area (Å²) in [6.07, 6.45) is 9.12. The number of aromatic nitrogens is 4. The van der Waals surface area contributed by atoms with Gasteiger partial charge in [-0.25, -0.2) is 33.5 Å². The average molecular weight is 604 g/mol. The normalized spacial score (nSPS) is 17.3. The number of ether oxygens (including phenoxy) is 2. The summed E-state index contributed by atoms with van der Waals surface area (Å²) in [5.41, 5.74) is -0.510. The maximum Gasteiger partial charge on any atom is 0.407 e. The van der Waals surface area contributed by atoms with Crippen molar-refractivity contribution in [2.75, 3.05) is 42.6 Å². The molecule has 2 aromatic heterocycles. The first kappa shape index (κ1) is 31.1. The highest BCUT2D eigenvalue weighted by Crippen LogP contribution is 2.23. The van der Waals surface area contributed by atoms with E-state index in [1.807, 2.05) is 20.8 Å². The van der Waals surface area contributed by atoms with Gasteiger partial charge < -0.3 is 24.6 Å². The Morgan fingerprint density at radius 3 is 2.00 bits per heavy atom. The van der Waals surface area contributed by atoms with Gasteiger partial charge in [0.15, 0.2) is 5.75 Å². The van der Waals surface area contributed by atoms with Crippen molar-refractivity contribution in [3.05, 3.63) is 65.7 Å². The van der Waals surface area contributed by atoms with E-state index in [9.17, 15) is 13.6 Å². The minimum atomic E-state index is -0.510. The smallest absolute Gasteiger partial charge is 0.407 e. The number of halogens is 3. The largest absolute Gasteiger partial charge is 0.490 e. The first-order valence-corrected chi connectivity index (χ1v) is 14.2. The van der Waals surface area contributed by atoms with E-state index in [2.05, 4.69) is 35.1 Å². The van der Waals surface area contributed by atoms with Crippen molar-refractivity contribution in [2.24, 2.45) is 5.92 Å². The summed E-state index contributed by atoms with van der Waals surface area (Å²) in [7, 11) is 0. The van der Waals surface area contributed by atoms with E-state index in [4.69, 9.17) is 21.1 Å². The third kappa shape index (κ3) is 9.93. The Balaban J connectivity index is 0.000000437. The number of nitrogens with zero attached hydrogens (tertiary/aromatic N) is 6. The lowest BCUT2D eigenvalue weighted by Gasteiger charge is -2.31. The molecule has 0 bridgehead atoms. The monoisotopic (exact) mass is 603 g/mol. The SMILES string of the molecule is CC(C)(C)OC(=O)NC1CCN(c2ncc(OCC3CCN(c4ncc(Cl)cn4)CC3)cn2)C1.Fc1ccc(F)cc1. The van der Waals surface area contributed by atoms with Crippen LogP contribution in [0.3, 0.4) is 0 Å². The summed E-state index contributed by atoms with van der Waals surface area (Å²) >= 11 is 5.87. The Kier molecular flexibility index (Phi) is 10.7. The average Bonchev–Trinajstić information content (AvgIpc) is 3.42. The number of alkyl carbamates (subject to hydrolysis) is 1. The standard InChI is InChI=1S/C23H32ClN7O3.C6H4F2/c1-23(2,3)34-22(32)29-18-6-9-31(14-18)21-27-12-19(13-28-21)33-15-16-4-7-30(8-5-16)20-25-10-17(24)11-26-20;7-5-1-2-6(8)4-3-5/h10-13,16,18H,4-9,14-15H2,1-3H3,(H,29,32);1-4H. The number of piperidine rings is 1. The van der Waals surface area contributed by atoms with Crippen LogP contribution in [0.15, 0.2) is 49.1 Å². The molecule has 0 spiro atoms. The Labute approximate surface area is 249 Å². The van der Waals surface area contributed by atoms with Gasteiger partial charge in [0.05, 0.1) is 42.5 Å². The number of rotatable bonds is 6. The van der Waals surface area contributed by atoms with E-state index in [-0.39, 0.29) is 6.04 Å². The molecule has 1 atom stereocenters. The second kappa shape index (κ2) is 14.4. The Morgan fingerprint density at radius 2 is 1.43 bits per heavy atom. The van der Waals surface area contributed by atoms with Crippen molar-refractivity contribution in [1.29, 1.82) is 0 Å². The first-order valence-electron chi connectivity index (χ1n) is 13.9.